The number of fused-ring (bicyclic) bond motifs is 7. The average molecular weight is 668 g/mol. The highest BCUT2D eigenvalue weighted by atomic mass is 15.1. The zero-order valence-corrected chi connectivity index (χ0v) is 29.5. The van der Waals surface area contributed by atoms with Crippen LogP contribution in [0.2, 0.25) is 0 Å². The van der Waals surface area contributed by atoms with Crippen LogP contribution in [-0.4, -0.2) is 14.1 Å². The van der Waals surface area contributed by atoms with E-state index in [9.17, 15) is 0 Å². The molecule has 0 fully saturated rings. The van der Waals surface area contributed by atoms with Crippen LogP contribution in [0.15, 0.2) is 170 Å². The van der Waals surface area contributed by atoms with E-state index in [1.54, 1.807) is 0 Å². The van der Waals surface area contributed by atoms with Crippen molar-refractivity contribution in [2.24, 2.45) is 0 Å². The fourth-order valence-corrected chi connectivity index (χ4v) is 8.21. The average Bonchev–Trinajstić information content (AvgIpc) is 3.72. The first kappa shape index (κ1) is 30.4. The number of rotatable bonds is 4. The topological polar surface area (TPSA) is 22.8 Å². The summed E-state index contributed by atoms with van der Waals surface area (Å²) < 4.78 is 4.85. The van der Waals surface area contributed by atoms with Gasteiger partial charge in [0.25, 0.3) is 0 Å². The number of para-hydroxylation sites is 2. The van der Waals surface area contributed by atoms with Gasteiger partial charge in [0.15, 0.2) is 0 Å². The molecule has 0 bridgehead atoms. The first-order valence-electron chi connectivity index (χ1n) is 18.1. The van der Waals surface area contributed by atoms with Gasteiger partial charge in [-0.25, -0.2) is 4.98 Å². The quantitative estimate of drug-likeness (QED) is 0.183. The molecule has 0 aliphatic heterocycles. The number of benzene rings is 8. The molecule has 3 nitrogen and oxygen atoms in total. The highest BCUT2D eigenvalue weighted by Crippen LogP contribution is 2.43. The smallest absolute Gasteiger partial charge is 0.145 e. The summed E-state index contributed by atoms with van der Waals surface area (Å²) in [5.41, 5.74) is 11.4. The van der Waals surface area contributed by atoms with Crippen molar-refractivity contribution in [2.45, 2.75) is 26.2 Å². The van der Waals surface area contributed by atoms with Crippen molar-refractivity contribution in [1.82, 2.24) is 14.1 Å². The predicted molar refractivity (Wildman–Crippen MR) is 220 cm³/mol. The van der Waals surface area contributed by atoms with Crippen LogP contribution in [0.3, 0.4) is 0 Å². The van der Waals surface area contributed by atoms with Crippen LogP contribution in [0.1, 0.15) is 26.3 Å². The lowest BCUT2D eigenvalue weighted by atomic mass is 9.83. The van der Waals surface area contributed by atoms with Gasteiger partial charge in [0.05, 0.1) is 27.8 Å². The normalized spacial score (nSPS) is 12.1. The lowest BCUT2D eigenvalue weighted by Gasteiger charge is -2.27. The number of hydrogen-bond acceptors (Lipinski definition) is 1. The van der Waals surface area contributed by atoms with Gasteiger partial charge in [-0.05, 0) is 86.6 Å². The summed E-state index contributed by atoms with van der Waals surface area (Å²) in [6.45, 7) is 6.93. The van der Waals surface area contributed by atoms with Gasteiger partial charge in [-0.15, -0.1) is 0 Å². The highest BCUT2D eigenvalue weighted by Gasteiger charge is 2.27. The molecule has 0 saturated heterocycles. The first-order chi connectivity index (χ1) is 25.4. The SMILES string of the molecule is CC(C)(C)c1cccc(-c2ccccc2)c1-n1c(-c2ccc3c(c2)c2c4ccccc4ccc2n3-c2ccccc2)nc2cc3ccccc3cc21. The molecule has 0 unspecified atom stereocenters. The van der Waals surface area contributed by atoms with Gasteiger partial charge < -0.3 is 4.57 Å². The van der Waals surface area contributed by atoms with E-state index in [1.807, 2.05) is 0 Å². The van der Waals surface area contributed by atoms with Crippen molar-refractivity contribution in [2.75, 3.05) is 0 Å². The fourth-order valence-electron chi connectivity index (χ4n) is 8.21. The van der Waals surface area contributed by atoms with Gasteiger partial charge in [-0.3, -0.25) is 4.57 Å². The van der Waals surface area contributed by atoms with Crippen LogP contribution in [0.4, 0.5) is 0 Å². The molecule has 2 heterocycles. The third kappa shape index (κ3) is 4.70. The summed E-state index contributed by atoms with van der Waals surface area (Å²) >= 11 is 0. The molecule has 52 heavy (non-hydrogen) atoms. The molecule has 0 radical (unpaired) electrons. The molecule has 2 aromatic heterocycles. The van der Waals surface area contributed by atoms with E-state index < -0.39 is 0 Å². The standard InChI is InChI=1S/C49H37N3/c1-49(2,3)41-24-14-23-39(32-15-6-4-7-16-32)47(41)52-45-31-35-19-11-10-18-34(35)30-42(45)50-48(52)36-26-27-43-40(29-36)46-38-22-13-12-17-33(38)25-28-44(46)51(43)37-20-8-5-9-21-37/h4-31H,1-3H3. The largest absolute Gasteiger partial charge is 0.309 e. The molecule has 0 amide bonds. The fraction of sp³-hybridized carbons (Fsp3) is 0.0816. The second-order valence-electron chi connectivity index (χ2n) is 14.9. The van der Waals surface area contributed by atoms with Crippen molar-refractivity contribution in [3.63, 3.8) is 0 Å². The molecule has 248 valence electrons. The van der Waals surface area contributed by atoms with Gasteiger partial charge in [0, 0.05) is 27.6 Å². The van der Waals surface area contributed by atoms with E-state index in [0.29, 0.717) is 0 Å². The van der Waals surface area contributed by atoms with Crippen LogP contribution in [0, 0.1) is 0 Å². The minimum absolute atomic E-state index is 0.128. The van der Waals surface area contributed by atoms with E-state index in [1.165, 1.54) is 65.7 Å². The number of aromatic nitrogens is 3. The Hall–Kier alpha value is -6.45. The van der Waals surface area contributed by atoms with E-state index in [4.69, 9.17) is 4.98 Å². The molecule has 0 spiro atoms. The van der Waals surface area contributed by atoms with Crippen molar-refractivity contribution >= 4 is 54.4 Å². The summed E-state index contributed by atoms with van der Waals surface area (Å²) in [6, 6.07) is 61.6. The minimum Gasteiger partial charge on any atom is -0.309 e. The molecule has 0 aliphatic carbocycles. The second-order valence-corrected chi connectivity index (χ2v) is 14.9. The van der Waals surface area contributed by atoms with E-state index >= 15 is 0 Å². The molecule has 0 saturated carbocycles. The van der Waals surface area contributed by atoms with Crippen LogP contribution in [0.25, 0.3) is 88.3 Å². The number of imidazole rings is 1. The molecule has 0 N–H and O–H groups in total. The number of hydrogen-bond donors (Lipinski definition) is 0. The van der Waals surface area contributed by atoms with Gasteiger partial charge >= 0.3 is 0 Å². The zero-order valence-electron chi connectivity index (χ0n) is 29.5. The van der Waals surface area contributed by atoms with E-state index in [0.717, 1.165) is 28.1 Å². The third-order valence-electron chi connectivity index (χ3n) is 10.6. The third-order valence-corrected chi connectivity index (χ3v) is 10.6. The maximum atomic E-state index is 5.54. The van der Waals surface area contributed by atoms with E-state index in [2.05, 4.69) is 200 Å². The van der Waals surface area contributed by atoms with Gasteiger partial charge in [0.1, 0.15) is 5.82 Å². The second kappa shape index (κ2) is 11.5. The molecule has 10 aromatic rings. The zero-order chi connectivity index (χ0) is 35.0. The Balaban J connectivity index is 1.35. The monoisotopic (exact) mass is 667 g/mol. The van der Waals surface area contributed by atoms with E-state index in [-0.39, 0.29) is 5.41 Å². The Labute approximate surface area is 303 Å². The summed E-state index contributed by atoms with van der Waals surface area (Å²) in [4.78, 5) is 5.54. The Morgan fingerprint density at radius 1 is 0.462 bits per heavy atom. The van der Waals surface area contributed by atoms with Crippen molar-refractivity contribution in [3.8, 4) is 33.9 Å². The van der Waals surface area contributed by atoms with Crippen molar-refractivity contribution in [1.29, 1.82) is 0 Å². The van der Waals surface area contributed by atoms with Crippen LogP contribution in [-0.2, 0) is 5.41 Å². The highest BCUT2D eigenvalue weighted by molar-refractivity contribution is 6.22. The van der Waals surface area contributed by atoms with Gasteiger partial charge in [-0.1, -0.05) is 142 Å². The molecular formula is C49H37N3. The molecule has 10 rings (SSSR count). The summed E-state index contributed by atoms with van der Waals surface area (Å²) in [5.74, 6) is 0.932. The maximum absolute atomic E-state index is 5.54. The molecule has 3 heteroatoms. The molecular weight excluding hydrogens is 631 g/mol. The summed E-state index contributed by atoms with van der Waals surface area (Å²) in [6.07, 6.45) is 0. The Morgan fingerprint density at radius 2 is 1.13 bits per heavy atom. The van der Waals surface area contributed by atoms with Gasteiger partial charge in [-0.2, -0.15) is 0 Å². The van der Waals surface area contributed by atoms with Crippen LogP contribution >= 0.6 is 0 Å². The Kier molecular flexibility index (Phi) is 6.74. The first-order valence-corrected chi connectivity index (χ1v) is 18.1. The lowest BCUT2D eigenvalue weighted by molar-refractivity contribution is 0.587. The molecule has 0 atom stereocenters. The lowest BCUT2D eigenvalue weighted by Crippen LogP contribution is -2.16. The molecule has 0 aliphatic rings. The minimum atomic E-state index is -0.128. The maximum Gasteiger partial charge on any atom is 0.145 e. The van der Waals surface area contributed by atoms with Gasteiger partial charge in [0.2, 0.25) is 0 Å². The molecule has 8 aromatic carbocycles. The van der Waals surface area contributed by atoms with Crippen molar-refractivity contribution in [3.05, 3.63) is 175 Å². The Morgan fingerprint density at radius 3 is 1.90 bits per heavy atom. The van der Waals surface area contributed by atoms with Crippen molar-refractivity contribution < 1.29 is 0 Å². The predicted octanol–water partition coefficient (Wildman–Crippen LogP) is 13.1. The van der Waals surface area contributed by atoms with Crippen LogP contribution < -0.4 is 0 Å². The number of nitrogens with zero attached hydrogens (tertiary/aromatic N) is 3. The Bertz CT molecular complexity index is 2980. The summed E-state index contributed by atoms with van der Waals surface area (Å²) in [5, 5.41) is 7.34. The summed E-state index contributed by atoms with van der Waals surface area (Å²) in [7, 11) is 0. The van der Waals surface area contributed by atoms with Crippen LogP contribution in [0.5, 0.6) is 0 Å².